The van der Waals surface area contributed by atoms with E-state index in [4.69, 9.17) is 9.47 Å². The topological polar surface area (TPSA) is 106 Å². The summed E-state index contributed by atoms with van der Waals surface area (Å²) in [4.78, 5) is 43.2. The van der Waals surface area contributed by atoms with E-state index in [0.29, 0.717) is 41.8 Å². The van der Waals surface area contributed by atoms with Crippen molar-refractivity contribution in [2.75, 3.05) is 18.7 Å². The standard InChI is InChI=1S/C39H49N3O5/c1-26(28-10-4-2-3-5-11-28)23-27-9-6-12-29(17-16-27)33-21-20-32(36(44)40-22-8-14-30-13-7-15-35(30)43)24-34(33)41-37(45)39-42-38(31-18-19-31)46-25-47-39/h2-4,10-11,20-21,23-24,27,29-31,39H,5-9,12-19,22,25H2,1H3,(H,40,44)(H,41,45). The first-order chi connectivity index (χ1) is 22.9. The van der Waals surface area contributed by atoms with Gasteiger partial charge in [-0.2, -0.15) is 0 Å². The van der Waals surface area contributed by atoms with Crippen LogP contribution < -0.4 is 10.6 Å². The molecule has 5 aliphatic rings. The normalized spacial score (nSPS) is 26.5. The molecule has 6 rings (SSSR count). The van der Waals surface area contributed by atoms with Gasteiger partial charge in [-0.15, -0.1) is 0 Å². The predicted molar refractivity (Wildman–Crippen MR) is 184 cm³/mol. The molecule has 250 valence electrons. The predicted octanol–water partition coefficient (Wildman–Crippen LogP) is 7.70. The molecule has 8 heteroatoms. The number of ether oxygens (including phenoxy) is 2. The van der Waals surface area contributed by atoms with Gasteiger partial charge in [0.25, 0.3) is 11.8 Å². The highest BCUT2D eigenvalue weighted by atomic mass is 16.7. The summed E-state index contributed by atoms with van der Waals surface area (Å²) in [6.45, 7) is 2.74. The summed E-state index contributed by atoms with van der Waals surface area (Å²) in [5, 5.41) is 6.12. The van der Waals surface area contributed by atoms with Crippen molar-refractivity contribution in [3.63, 3.8) is 0 Å². The fraction of sp³-hybridized carbons (Fsp3) is 0.538. The number of Topliss-reactive ketones (excluding diaryl/α,β-unsaturated/α-hetero) is 1. The average Bonchev–Trinajstić information content (AvgIpc) is 3.92. The van der Waals surface area contributed by atoms with E-state index >= 15 is 0 Å². The van der Waals surface area contributed by atoms with Crippen molar-refractivity contribution >= 4 is 29.2 Å². The lowest BCUT2D eigenvalue weighted by molar-refractivity contribution is -0.135. The number of hydrogen-bond acceptors (Lipinski definition) is 6. The minimum atomic E-state index is -0.975. The Morgan fingerprint density at radius 3 is 2.72 bits per heavy atom. The van der Waals surface area contributed by atoms with E-state index in [-0.39, 0.29) is 36.4 Å². The van der Waals surface area contributed by atoms with E-state index < -0.39 is 6.23 Å². The number of nitrogens with one attached hydrogen (secondary N) is 2. The van der Waals surface area contributed by atoms with Gasteiger partial charge in [0, 0.05) is 36.1 Å². The van der Waals surface area contributed by atoms with Crippen LogP contribution in [0.2, 0.25) is 0 Å². The fourth-order valence-corrected chi connectivity index (χ4v) is 7.37. The first-order valence-corrected chi connectivity index (χ1v) is 17.7. The summed E-state index contributed by atoms with van der Waals surface area (Å²) < 4.78 is 11.1. The lowest BCUT2D eigenvalue weighted by Gasteiger charge is -2.24. The van der Waals surface area contributed by atoms with Crippen LogP contribution >= 0.6 is 0 Å². The van der Waals surface area contributed by atoms with Crippen molar-refractivity contribution in [2.45, 2.75) is 103 Å². The number of carbonyl (C=O) groups excluding carboxylic acids is 3. The summed E-state index contributed by atoms with van der Waals surface area (Å²) in [5.41, 5.74) is 4.82. The molecule has 8 nitrogen and oxygen atoms in total. The van der Waals surface area contributed by atoms with Gasteiger partial charge >= 0.3 is 0 Å². The molecule has 0 spiro atoms. The zero-order valence-corrected chi connectivity index (χ0v) is 27.7. The molecule has 2 N–H and O–H groups in total. The number of anilines is 1. The van der Waals surface area contributed by atoms with Gasteiger partial charge in [-0.05, 0) is 118 Å². The Hall–Kier alpha value is -3.78. The van der Waals surface area contributed by atoms with E-state index in [0.717, 1.165) is 82.6 Å². The molecule has 47 heavy (non-hydrogen) atoms. The minimum Gasteiger partial charge on any atom is -0.454 e. The molecule has 0 radical (unpaired) electrons. The number of amides is 2. The molecule has 1 aromatic rings. The van der Waals surface area contributed by atoms with Gasteiger partial charge in [-0.3, -0.25) is 14.4 Å². The maximum absolute atomic E-state index is 13.5. The van der Waals surface area contributed by atoms with Gasteiger partial charge in [0.2, 0.25) is 6.23 Å². The maximum atomic E-state index is 13.5. The molecule has 0 aromatic heterocycles. The smallest absolute Gasteiger partial charge is 0.276 e. The molecule has 4 atom stereocenters. The van der Waals surface area contributed by atoms with Gasteiger partial charge in [0.05, 0.1) is 0 Å². The summed E-state index contributed by atoms with van der Waals surface area (Å²) in [6.07, 6.45) is 24.9. The van der Waals surface area contributed by atoms with Crippen molar-refractivity contribution in [1.29, 1.82) is 0 Å². The van der Waals surface area contributed by atoms with Crippen LogP contribution in [0.25, 0.3) is 0 Å². The molecule has 1 aromatic carbocycles. The highest BCUT2D eigenvalue weighted by Gasteiger charge is 2.34. The van der Waals surface area contributed by atoms with Crippen LogP contribution in [0.4, 0.5) is 5.69 Å². The molecular formula is C39H49N3O5. The lowest BCUT2D eigenvalue weighted by Crippen LogP contribution is -2.35. The second-order valence-electron chi connectivity index (χ2n) is 13.8. The van der Waals surface area contributed by atoms with Gasteiger partial charge < -0.3 is 20.1 Å². The number of allylic oxidation sites excluding steroid dienone is 8. The van der Waals surface area contributed by atoms with E-state index in [2.05, 4.69) is 59.0 Å². The van der Waals surface area contributed by atoms with Crippen LogP contribution in [-0.4, -0.2) is 43.1 Å². The van der Waals surface area contributed by atoms with E-state index in [1.54, 1.807) is 6.07 Å². The van der Waals surface area contributed by atoms with Crippen LogP contribution in [0.5, 0.6) is 0 Å². The molecule has 2 amide bonds. The molecule has 0 bridgehead atoms. The van der Waals surface area contributed by atoms with Crippen LogP contribution in [0, 0.1) is 17.8 Å². The van der Waals surface area contributed by atoms with Crippen molar-refractivity contribution in [1.82, 2.24) is 5.32 Å². The van der Waals surface area contributed by atoms with Gasteiger partial charge in [-0.1, -0.05) is 48.9 Å². The number of nitrogens with zero attached hydrogens (tertiary/aromatic N) is 1. The number of rotatable bonds is 11. The Morgan fingerprint density at radius 1 is 1.02 bits per heavy atom. The Kier molecular flexibility index (Phi) is 11.2. The molecule has 1 heterocycles. The third-order valence-corrected chi connectivity index (χ3v) is 10.2. The van der Waals surface area contributed by atoms with Crippen molar-refractivity contribution < 1.29 is 23.9 Å². The van der Waals surface area contributed by atoms with Crippen molar-refractivity contribution in [2.24, 2.45) is 22.7 Å². The third-order valence-electron chi connectivity index (χ3n) is 10.2. The molecule has 3 fully saturated rings. The largest absolute Gasteiger partial charge is 0.454 e. The minimum absolute atomic E-state index is 0.00926. The third kappa shape index (κ3) is 8.98. The maximum Gasteiger partial charge on any atom is 0.276 e. The Labute approximate surface area is 278 Å². The molecule has 1 aliphatic heterocycles. The lowest BCUT2D eigenvalue weighted by atomic mass is 9.88. The van der Waals surface area contributed by atoms with Crippen molar-refractivity contribution in [3.8, 4) is 0 Å². The Balaban J connectivity index is 1.15. The van der Waals surface area contributed by atoms with Crippen LogP contribution in [-0.2, 0) is 19.1 Å². The fourth-order valence-electron chi connectivity index (χ4n) is 7.37. The molecule has 4 aliphatic carbocycles. The number of ketones is 1. The zero-order valence-electron chi connectivity index (χ0n) is 27.7. The first kappa shape index (κ1) is 33.1. The van der Waals surface area contributed by atoms with Crippen LogP contribution in [0.3, 0.4) is 0 Å². The first-order valence-electron chi connectivity index (χ1n) is 17.7. The molecule has 4 unspecified atom stereocenters. The summed E-state index contributed by atoms with van der Waals surface area (Å²) in [7, 11) is 0. The summed E-state index contributed by atoms with van der Waals surface area (Å²) in [6, 6.07) is 5.70. The van der Waals surface area contributed by atoms with E-state index in [1.807, 2.05) is 12.1 Å². The zero-order chi connectivity index (χ0) is 32.6. The highest BCUT2D eigenvalue weighted by Crippen LogP contribution is 2.39. The van der Waals surface area contributed by atoms with Crippen molar-refractivity contribution in [3.05, 3.63) is 76.9 Å². The average molecular weight is 640 g/mol. The molecule has 0 saturated heterocycles. The van der Waals surface area contributed by atoms with Gasteiger partial charge in [0.1, 0.15) is 5.78 Å². The van der Waals surface area contributed by atoms with Gasteiger partial charge in [0.15, 0.2) is 12.7 Å². The highest BCUT2D eigenvalue weighted by molar-refractivity contribution is 6.00. The number of benzene rings is 1. The van der Waals surface area contributed by atoms with Crippen LogP contribution in [0.15, 0.2) is 70.8 Å². The monoisotopic (exact) mass is 639 g/mol. The second-order valence-corrected chi connectivity index (χ2v) is 13.8. The number of aliphatic imine (C=N–C) groups is 1. The van der Waals surface area contributed by atoms with Gasteiger partial charge in [-0.25, -0.2) is 4.99 Å². The second kappa shape index (κ2) is 15.9. The quantitative estimate of drug-likeness (QED) is 0.191. The molecular weight excluding hydrogens is 590 g/mol. The summed E-state index contributed by atoms with van der Waals surface area (Å²) >= 11 is 0. The molecule has 3 saturated carbocycles. The number of hydrogen-bond donors (Lipinski definition) is 2. The Bertz CT molecular complexity index is 1480. The SMILES string of the molecule is CC(=CC1CCCC(c2ccc(C(=O)NCCCC3CCCC3=O)cc2NC(=O)C2N=C(C3CC3)OCO2)CC1)C1=CCC=CC=C1. The van der Waals surface area contributed by atoms with E-state index in [9.17, 15) is 14.4 Å². The van der Waals surface area contributed by atoms with Crippen LogP contribution in [0.1, 0.15) is 112 Å². The summed E-state index contributed by atoms with van der Waals surface area (Å²) in [5.74, 6) is 1.62. The Morgan fingerprint density at radius 2 is 1.89 bits per heavy atom. The number of carbonyl (C=O) groups is 3. The van der Waals surface area contributed by atoms with E-state index in [1.165, 1.54) is 11.1 Å².